The summed E-state index contributed by atoms with van der Waals surface area (Å²) in [6.45, 7) is 3.35. The largest absolute Gasteiger partial charge is 0.480 e. The molecule has 0 aromatic heterocycles. The predicted molar refractivity (Wildman–Crippen MR) is 64.0 cm³/mol. The third kappa shape index (κ3) is 6.51. The summed E-state index contributed by atoms with van der Waals surface area (Å²) in [5.41, 5.74) is 0. The quantitative estimate of drug-likeness (QED) is 0.637. The van der Waals surface area contributed by atoms with E-state index >= 15 is 0 Å². The molecule has 7 nitrogen and oxygen atoms in total. The number of carbonyl (C=O) groups is 3. The van der Waals surface area contributed by atoms with Gasteiger partial charge in [0.1, 0.15) is 12.6 Å². The molecule has 1 atom stereocenters. The molecule has 2 amide bonds. The lowest BCUT2D eigenvalue weighted by molar-refractivity contribution is -0.139. The fraction of sp³-hybridized carbons (Fsp3) is 0.545. The molecular weight excluding hydrogens is 240 g/mol. The van der Waals surface area contributed by atoms with Crippen molar-refractivity contribution in [2.24, 2.45) is 0 Å². The molecule has 0 aromatic rings. The van der Waals surface area contributed by atoms with E-state index in [1.54, 1.807) is 14.1 Å². The maximum atomic E-state index is 11.3. The van der Waals surface area contributed by atoms with E-state index in [0.717, 1.165) is 0 Å². The van der Waals surface area contributed by atoms with Gasteiger partial charge in [0.25, 0.3) is 0 Å². The van der Waals surface area contributed by atoms with Crippen LogP contribution in [-0.2, 0) is 14.3 Å². The highest BCUT2D eigenvalue weighted by Crippen LogP contribution is 2.01. The van der Waals surface area contributed by atoms with E-state index in [-0.39, 0.29) is 25.4 Å². The lowest BCUT2D eigenvalue weighted by Gasteiger charge is -2.15. The third-order valence-corrected chi connectivity index (χ3v) is 2.07. The number of hydrogen-bond acceptors (Lipinski definition) is 4. The first-order valence-corrected chi connectivity index (χ1v) is 5.35. The number of hydrogen-bond donors (Lipinski definition) is 2. The van der Waals surface area contributed by atoms with Gasteiger partial charge < -0.3 is 20.1 Å². The van der Waals surface area contributed by atoms with E-state index in [1.807, 2.05) is 0 Å². The molecule has 0 aliphatic heterocycles. The Morgan fingerprint density at radius 3 is 2.50 bits per heavy atom. The molecule has 0 saturated carbocycles. The zero-order valence-corrected chi connectivity index (χ0v) is 10.5. The molecule has 0 bridgehead atoms. The molecule has 0 aliphatic carbocycles. The lowest BCUT2D eigenvalue weighted by atomic mass is 10.1. The number of aliphatic carboxylic acids is 1. The van der Waals surface area contributed by atoms with E-state index in [2.05, 4.69) is 16.6 Å². The molecule has 0 fully saturated rings. The normalized spacial score (nSPS) is 11.2. The second-order valence-electron chi connectivity index (χ2n) is 3.75. The van der Waals surface area contributed by atoms with Gasteiger partial charge in [-0.3, -0.25) is 4.79 Å². The summed E-state index contributed by atoms with van der Waals surface area (Å²) < 4.78 is 4.60. The summed E-state index contributed by atoms with van der Waals surface area (Å²) >= 11 is 0. The zero-order valence-electron chi connectivity index (χ0n) is 10.5. The van der Waals surface area contributed by atoms with Gasteiger partial charge in [0, 0.05) is 20.5 Å². The molecule has 7 heteroatoms. The Morgan fingerprint density at radius 1 is 1.44 bits per heavy atom. The summed E-state index contributed by atoms with van der Waals surface area (Å²) in [5.74, 6) is -1.42. The smallest absolute Gasteiger partial charge is 0.408 e. The van der Waals surface area contributed by atoms with Gasteiger partial charge in [-0.15, -0.1) is 0 Å². The standard InChI is InChI=1S/C11H18N2O5/c1-4-7-18-11(17)12-8(10(15)16)5-6-9(14)13(2)3/h4,8H,1,5-7H2,2-3H3,(H,12,17)(H,15,16)/t8-/m1/s1. The van der Waals surface area contributed by atoms with Gasteiger partial charge in [-0.1, -0.05) is 12.7 Å². The van der Waals surface area contributed by atoms with Crippen LogP contribution in [0, 0.1) is 0 Å². The number of ether oxygens (including phenoxy) is 1. The second-order valence-corrected chi connectivity index (χ2v) is 3.75. The van der Waals surface area contributed by atoms with Crippen molar-refractivity contribution in [1.82, 2.24) is 10.2 Å². The molecule has 18 heavy (non-hydrogen) atoms. The molecule has 0 saturated heterocycles. The van der Waals surface area contributed by atoms with Crippen molar-refractivity contribution < 1.29 is 24.2 Å². The number of alkyl carbamates (subject to hydrolysis) is 1. The summed E-state index contributed by atoms with van der Waals surface area (Å²) in [6, 6.07) is -1.15. The van der Waals surface area contributed by atoms with Crippen LogP contribution in [0.5, 0.6) is 0 Å². The molecule has 0 aromatic carbocycles. The molecule has 0 unspecified atom stereocenters. The van der Waals surface area contributed by atoms with E-state index < -0.39 is 18.1 Å². The van der Waals surface area contributed by atoms with Gasteiger partial charge in [0.2, 0.25) is 5.91 Å². The average Bonchev–Trinajstić information content (AvgIpc) is 2.30. The van der Waals surface area contributed by atoms with Crippen LogP contribution >= 0.6 is 0 Å². The number of nitrogens with one attached hydrogen (secondary N) is 1. The van der Waals surface area contributed by atoms with E-state index in [9.17, 15) is 14.4 Å². The molecule has 2 N–H and O–H groups in total. The first-order chi connectivity index (χ1) is 8.38. The fourth-order valence-corrected chi connectivity index (χ4v) is 1.07. The Morgan fingerprint density at radius 2 is 2.06 bits per heavy atom. The van der Waals surface area contributed by atoms with Gasteiger partial charge >= 0.3 is 12.1 Å². The molecule has 0 radical (unpaired) electrons. The number of rotatable bonds is 7. The highest BCUT2D eigenvalue weighted by molar-refractivity contribution is 5.81. The van der Waals surface area contributed by atoms with Gasteiger partial charge in [0.05, 0.1) is 0 Å². The minimum atomic E-state index is -1.21. The summed E-state index contributed by atoms with van der Waals surface area (Å²) in [5, 5.41) is 11.1. The number of carboxylic acid groups (broad SMARTS) is 1. The van der Waals surface area contributed by atoms with Crippen LogP contribution in [-0.4, -0.2) is 54.7 Å². The Hall–Kier alpha value is -2.05. The van der Waals surface area contributed by atoms with E-state index in [0.29, 0.717) is 0 Å². The first-order valence-electron chi connectivity index (χ1n) is 5.35. The molecule has 0 spiro atoms. The molecule has 0 rings (SSSR count). The highest BCUT2D eigenvalue weighted by atomic mass is 16.5. The van der Waals surface area contributed by atoms with E-state index in [4.69, 9.17) is 5.11 Å². The van der Waals surface area contributed by atoms with Crippen molar-refractivity contribution in [3.8, 4) is 0 Å². The monoisotopic (exact) mass is 258 g/mol. The first kappa shape index (κ1) is 16.0. The van der Waals surface area contributed by atoms with Gasteiger partial charge in [0.15, 0.2) is 0 Å². The van der Waals surface area contributed by atoms with Gasteiger partial charge in [-0.25, -0.2) is 9.59 Å². The Bertz CT molecular complexity index is 327. The van der Waals surface area contributed by atoms with Crippen LogP contribution in [0.3, 0.4) is 0 Å². The van der Waals surface area contributed by atoms with Crippen molar-refractivity contribution in [2.75, 3.05) is 20.7 Å². The number of carbonyl (C=O) groups excluding carboxylic acids is 2. The third-order valence-electron chi connectivity index (χ3n) is 2.07. The van der Waals surface area contributed by atoms with E-state index in [1.165, 1.54) is 11.0 Å². The molecule has 102 valence electrons. The number of nitrogens with zero attached hydrogens (tertiary/aromatic N) is 1. The van der Waals surface area contributed by atoms with Crippen molar-refractivity contribution in [2.45, 2.75) is 18.9 Å². The fourth-order valence-electron chi connectivity index (χ4n) is 1.07. The minimum Gasteiger partial charge on any atom is -0.480 e. The van der Waals surface area contributed by atoms with Gasteiger partial charge in [-0.05, 0) is 6.42 Å². The number of amides is 2. The molecule has 0 heterocycles. The van der Waals surface area contributed by atoms with Crippen molar-refractivity contribution in [3.63, 3.8) is 0 Å². The van der Waals surface area contributed by atoms with Crippen LogP contribution in [0.2, 0.25) is 0 Å². The molecular formula is C11H18N2O5. The maximum absolute atomic E-state index is 11.3. The average molecular weight is 258 g/mol. The van der Waals surface area contributed by atoms with Gasteiger partial charge in [-0.2, -0.15) is 0 Å². The Kier molecular flexibility index (Phi) is 7.18. The molecule has 0 aliphatic rings. The lowest BCUT2D eigenvalue weighted by Crippen LogP contribution is -2.41. The highest BCUT2D eigenvalue weighted by Gasteiger charge is 2.21. The summed E-state index contributed by atoms with van der Waals surface area (Å²) in [7, 11) is 3.15. The predicted octanol–water partition coefficient (Wildman–Crippen LogP) is 0.220. The zero-order chi connectivity index (χ0) is 14.1. The second kappa shape index (κ2) is 8.10. The summed E-state index contributed by atoms with van der Waals surface area (Å²) in [6.07, 6.45) is 0.561. The van der Waals surface area contributed by atoms with Crippen LogP contribution < -0.4 is 5.32 Å². The number of carboxylic acids is 1. The van der Waals surface area contributed by atoms with Crippen molar-refractivity contribution in [1.29, 1.82) is 0 Å². The SMILES string of the molecule is C=CCOC(=O)N[C@H](CCC(=O)N(C)C)C(=O)O. The van der Waals surface area contributed by atoms with Crippen LogP contribution in [0.4, 0.5) is 4.79 Å². The Balaban J connectivity index is 4.23. The van der Waals surface area contributed by atoms with Crippen molar-refractivity contribution >= 4 is 18.0 Å². The minimum absolute atomic E-state index is 0.00516. The topological polar surface area (TPSA) is 95.9 Å². The maximum Gasteiger partial charge on any atom is 0.408 e. The van der Waals surface area contributed by atoms with Crippen LogP contribution in [0.25, 0.3) is 0 Å². The van der Waals surface area contributed by atoms with Crippen LogP contribution in [0.1, 0.15) is 12.8 Å². The summed E-state index contributed by atoms with van der Waals surface area (Å²) in [4.78, 5) is 34.7. The van der Waals surface area contributed by atoms with Crippen molar-refractivity contribution in [3.05, 3.63) is 12.7 Å². The Labute approximate surface area is 105 Å². The van der Waals surface area contributed by atoms with Crippen LogP contribution in [0.15, 0.2) is 12.7 Å².